The SMILES string of the molecule is CC(=O)C=C(C)O.[Ir].[Ir].[Ir].[c-]1c(-c2ccc3ccccc3n2)cc2c3c1Oc1cc4ccccc4cc1N3c1cc3ccccc3cc1O2.[c-]1c(-c2ccc3ccccc3n2)cc2c3c1Oc1cc4ccccc4cc1N3c1cc3ccccc3cc1O2.[c-]1c(-c2ccc3ccccc3n2)cc2c3c1Oc1cc4ccccc4cc1P3c1cc3ccccc3cc1O2. The third kappa shape index (κ3) is 14.2. The van der Waals surface area contributed by atoms with Gasteiger partial charge in [0.05, 0.1) is 79.6 Å². The Labute approximate surface area is 770 Å². The molecule has 0 fully saturated rings. The number of aliphatic hydroxyl groups excluding tert-OH is 1. The van der Waals surface area contributed by atoms with Gasteiger partial charge in [-0.3, -0.25) is 19.7 Å². The number of hydrogen-bond donors (Lipinski definition) is 1. The Morgan fingerprint density at radius 2 is 0.551 bits per heavy atom. The number of carbonyl (C=O) groups is 1. The Hall–Kier alpha value is -14.3. The standard InChI is InChI=1S/2C35H19N2O2.C35H19NO2P.C5H8O2.3Ir/c2*1-3-10-24-17-31-29(15-22(24)8-1)37-30-16-23-9-2-4-11-25(23)18-32(30)39-34-20-26(19-33(38-31)35(34)37)28-14-13-21-7-5-6-12-27(21)36-28;1-3-10-24-19-33-29(15-22(24)8-1)37-31-17-26(28-14-13-21-7-5-6-12-27(21)36-28)18-32-35(31)39(33)34-20-25-11-4-2-9-23(25)16-30(34)38-32;1-4(6)3-5(2)7;;;/h2*1-19H;1-17,19-20H;3,6H,1-2H3;;;/q3*-1;;;;. The molecule has 0 amide bonds. The summed E-state index contributed by atoms with van der Waals surface area (Å²) in [6.07, 6.45) is 1.17. The van der Waals surface area contributed by atoms with Gasteiger partial charge in [0, 0.05) is 88.4 Å². The fourth-order valence-electron chi connectivity index (χ4n) is 17.6. The largest absolute Gasteiger partial charge is 0.512 e. The van der Waals surface area contributed by atoms with Crippen LogP contribution in [0.25, 0.3) is 131 Å². The molecule has 9 heterocycles. The van der Waals surface area contributed by atoms with Crippen molar-refractivity contribution >= 4 is 161 Å². The first-order valence-corrected chi connectivity index (χ1v) is 42.2. The van der Waals surface area contributed by atoms with Crippen molar-refractivity contribution in [1.29, 1.82) is 0 Å². The van der Waals surface area contributed by atoms with E-state index in [0.717, 1.165) is 212 Å². The van der Waals surface area contributed by atoms with E-state index in [1.54, 1.807) is 0 Å². The van der Waals surface area contributed by atoms with E-state index in [2.05, 4.69) is 289 Å². The maximum atomic E-state index is 10.0. The number of hydrogen-bond acceptors (Lipinski definition) is 13. The molecule has 0 saturated carbocycles. The zero-order chi connectivity index (χ0) is 82.4. The molecule has 1 atom stereocenters. The summed E-state index contributed by atoms with van der Waals surface area (Å²) >= 11 is 0. The molecule has 6 aliphatic rings. The first-order valence-electron chi connectivity index (χ1n) is 40.9. The second-order valence-electron chi connectivity index (χ2n) is 31.4. The molecule has 1 unspecified atom stereocenters. The van der Waals surface area contributed by atoms with Crippen molar-refractivity contribution in [3.63, 3.8) is 0 Å². The van der Waals surface area contributed by atoms with Gasteiger partial charge in [-0.05, 0) is 216 Å². The minimum atomic E-state index is -0.909. The summed E-state index contributed by atoms with van der Waals surface area (Å²) < 4.78 is 39.7. The summed E-state index contributed by atoms with van der Waals surface area (Å²) in [4.78, 5) is 29.3. The van der Waals surface area contributed by atoms with Crippen molar-refractivity contribution in [2.75, 3.05) is 9.80 Å². The van der Waals surface area contributed by atoms with Gasteiger partial charge in [-0.25, -0.2) is 0 Å². The minimum absolute atomic E-state index is 0. The molecule has 0 aliphatic carbocycles. The first kappa shape index (κ1) is 79.9. The number of pyridine rings is 3. The fraction of sp³-hybridized carbons (Fsp3) is 0.0182. The van der Waals surface area contributed by atoms with Crippen LogP contribution in [0.3, 0.4) is 0 Å². The topological polar surface area (TPSA) is 138 Å². The van der Waals surface area contributed by atoms with Gasteiger partial charge < -0.3 is 43.3 Å². The second kappa shape index (κ2) is 32.4. The number of allylic oxidation sites excluding steroid dienone is 2. The fourth-order valence-corrected chi connectivity index (χ4v) is 20.2. The van der Waals surface area contributed by atoms with E-state index in [9.17, 15) is 4.79 Å². The van der Waals surface area contributed by atoms with Crippen molar-refractivity contribution in [2.24, 2.45) is 0 Å². The molecule has 0 saturated heterocycles. The van der Waals surface area contributed by atoms with Gasteiger partial charge in [0.15, 0.2) is 5.78 Å². The van der Waals surface area contributed by atoms with Gasteiger partial charge in [-0.15, -0.1) is 16.7 Å². The number of fused-ring (bicyclic) bond motifs is 21. The van der Waals surface area contributed by atoms with Gasteiger partial charge in [0.1, 0.15) is 34.5 Å². The number of benzene rings is 18. The van der Waals surface area contributed by atoms with Gasteiger partial charge in [-0.1, -0.05) is 273 Å². The Bertz CT molecular complexity index is 7160. The first-order chi connectivity index (χ1) is 61.0. The molecule has 17 heteroatoms. The molecule has 27 rings (SSSR count). The Morgan fingerprint density at radius 3 is 0.874 bits per heavy atom. The molecule has 3 radical (unpaired) electrons. The molecule has 18 aromatic carbocycles. The minimum Gasteiger partial charge on any atom is -0.512 e. The van der Waals surface area contributed by atoms with Gasteiger partial charge in [-0.2, -0.15) is 0 Å². The van der Waals surface area contributed by atoms with Crippen LogP contribution in [0.5, 0.6) is 69.0 Å². The average molecular weight is 2190 g/mol. The summed E-state index contributed by atoms with van der Waals surface area (Å²) in [5, 5.41) is 29.0. The number of aromatic nitrogens is 3. The number of nitrogens with zero attached hydrogens (tertiary/aromatic N) is 5. The van der Waals surface area contributed by atoms with Gasteiger partial charge in [0.2, 0.25) is 0 Å². The zero-order valence-corrected chi connectivity index (χ0v) is 75.6. The van der Waals surface area contributed by atoms with E-state index in [1.807, 2.05) is 84.9 Å². The van der Waals surface area contributed by atoms with Gasteiger partial charge >= 0.3 is 0 Å². The summed E-state index contributed by atoms with van der Waals surface area (Å²) in [5.74, 6) is 9.14. The molecule has 6 aliphatic heterocycles. The van der Waals surface area contributed by atoms with Crippen molar-refractivity contribution in [2.45, 2.75) is 13.8 Å². The van der Waals surface area contributed by atoms with Crippen molar-refractivity contribution in [3.8, 4) is 103 Å². The van der Waals surface area contributed by atoms with Crippen LogP contribution >= 0.6 is 7.92 Å². The number of ether oxygens (including phenoxy) is 6. The van der Waals surface area contributed by atoms with Crippen molar-refractivity contribution in [1.82, 2.24) is 15.0 Å². The molecule has 21 aromatic rings. The van der Waals surface area contributed by atoms with Crippen molar-refractivity contribution < 1.29 is 98.6 Å². The third-order valence-corrected chi connectivity index (χ3v) is 25.9. The molecule has 613 valence electrons. The number of anilines is 6. The van der Waals surface area contributed by atoms with Crippen LogP contribution < -0.4 is 54.1 Å². The summed E-state index contributed by atoms with van der Waals surface area (Å²) in [6.45, 7) is 2.85. The van der Waals surface area contributed by atoms with Crippen molar-refractivity contribution in [3.05, 3.63) is 376 Å². The molecule has 0 spiro atoms. The summed E-state index contributed by atoms with van der Waals surface area (Å²) in [5.41, 5.74) is 13.4. The van der Waals surface area contributed by atoms with Crippen LogP contribution in [0.1, 0.15) is 13.8 Å². The molecule has 3 aromatic heterocycles. The molecule has 13 nitrogen and oxygen atoms in total. The van der Waals surface area contributed by atoms with E-state index in [-0.39, 0.29) is 71.9 Å². The van der Waals surface area contributed by atoms with Crippen LogP contribution in [0, 0.1) is 18.2 Å². The zero-order valence-electron chi connectivity index (χ0n) is 67.5. The Kier molecular flexibility index (Phi) is 20.4. The van der Waals surface area contributed by atoms with E-state index >= 15 is 0 Å². The average Bonchev–Trinajstić information content (AvgIpc) is 0.722. The molecule has 127 heavy (non-hydrogen) atoms. The van der Waals surface area contributed by atoms with Crippen LogP contribution in [0.15, 0.2) is 358 Å². The second-order valence-corrected chi connectivity index (χ2v) is 33.4. The third-order valence-electron chi connectivity index (χ3n) is 23.3. The smallest absolute Gasteiger partial charge is 0.155 e. The van der Waals surface area contributed by atoms with E-state index in [4.69, 9.17) is 48.5 Å². The number of para-hydroxylation sites is 3. The van der Waals surface area contributed by atoms with E-state index < -0.39 is 7.92 Å². The Balaban J connectivity index is 0.000000110. The number of carbonyl (C=O) groups excluding carboxylic acids is 1. The number of rotatable bonds is 4. The predicted octanol–water partition coefficient (Wildman–Crippen LogP) is 28.4. The maximum absolute atomic E-state index is 10.0. The van der Waals surface area contributed by atoms with E-state index in [0.29, 0.717) is 11.5 Å². The molecule has 1 N–H and O–H groups in total. The van der Waals surface area contributed by atoms with Crippen LogP contribution in [0.4, 0.5) is 34.1 Å². The van der Waals surface area contributed by atoms with Crippen LogP contribution in [0.2, 0.25) is 0 Å². The quantitative estimate of drug-likeness (QED) is 0.0775. The monoisotopic (exact) mass is 2190 g/mol. The summed E-state index contributed by atoms with van der Waals surface area (Å²) in [6, 6.07) is 130. The van der Waals surface area contributed by atoms with Gasteiger partial charge in [0.25, 0.3) is 0 Å². The maximum Gasteiger partial charge on any atom is 0.155 e. The number of ketones is 1. The summed E-state index contributed by atoms with van der Waals surface area (Å²) in [7, 11) is -0.909. The Morgan fingerprint density at radius 1 is 0.291 bits per heavy atom. The van der Waals surface area contributed by atoms with Crippen LogP contribution in [-0.4, -0.2) is 25.8 Å². The van der Waals surface area contributed by atoms with Crippen LogP contribution in [-0.2, 0) is 65.1 Å². The number of aliphatic hydroxyl groups is 1. The van der Waals surface area contributed by atoms with E-state index in [1.165, 1.54) is 46.7 Å². The molecular weight excluding hydrogens is 2130 g/mol. The normalized spacial score (nSPS) is 13.1. The predicted molar refractivity (Wildman–Crippen MR) is 499 cm³/mol. The molecule has 0 bridgehead atoms. The molecular formula is C110H65Ir3N5O8P-3.